The molecule has 0 spiro atoms. The third-order valence-corrected chi connectivity index (χ3v) is 14.1. The van der Waals surface area contributed by atoms with E-state index in [2.05, 4.69) is 69.4 Å². The van der Waals surface area contributed by atoms with Crippen molar-refractivity contribution in [3.8, 4) is 0 Å². The largest absolute Gasteiger partial charge is 0.462 e. The van der Waals surface area contributed by atoms with E-state index in [-0.39, 0.29) is 31.1 Å². The van der Waals surface area contributed by atoms with E-state index in [0.717, 1.165) is 77.0 Å². The molecule has 0 saturated carbocycles. The van der Waals surface area contributed by atoms with E-state index in [1.807, 2.05) is 0 Å². The molecule has 0 aliphatic heterocycles. The summed E-state index contributed by atoms with van der Waals surface area (Å²) in [7, 11) is 0. The van der Waals surface area contributed by atoms with Crippen molar-refractivity contribution >= 4 is 17.9 Å². The highest BCUT2D eigenvalue weighted by Crippen LogP contribution is 2.17. The van der Waals surface area contributed by atoms with Crippen LogP contribution in [0.15, 0.2) is 48.6 Å². The second-order valence-corrected chi connectivity index (χ2v) is 21.3. The van der Waals surface area contributed by atoms with Crippen LogP contribution in [0, 0.1) is 0 Å². The highest BCUT2D eigenvalue weighted by Gasteiger charge is 2.19. The Morgan fingerprint density at radius 1 is 0.278 bits per heavy atom. The first-order valence-corrected chi connectivity index (χ1v) is 31.6. The number of hydrogen-bond acceptors (Lipinski definition) is 6. The van der Waals surface area contributed by atoms with E-state index in [9.17, 15) is 14.4 Å². The van der Waals surface area contributed by atoms with E-state index in [1.54, 1.807) is 0 Å². The zero-order valence-corrected chi connectivity index (χ0v) is 48.2. The van der Waals surface area contributed by atoms with E-state index < -0.39 is 6.10 Å². The standard InChI is InChI=1S/C66H120O6/c1-4-7-10-13-16-19-22-25-27-29-30-31-32-33-34-35-36-37-39-41-44-47-50-53-56-59-65(68)71-62-63(61-70-64(67)58-55-52-49-46-43-40-24-21-18-15-12-9-6-3)72-66(69)60-57-54-51-48-45-42-38-28-26-23-20-17-14-11-8-5-2/h21-22,24-25,29-30,32-33,63H,4-20,23,26-28,31,34-62H2,1-3H3/b24-21-,25-22-,30-29-,33-32-. The van der Waals surface area contributed by atoms with Gasteiger partial charge in [-0.15, -0.1) is 0 Å². The number of hydrogen-bond donors (Lipinski definition) is 0. The average Bonchev–Trinajstić information content (AvgIpc) is 3.38. The van der Waals surface area contributed by atoms with Crippen LogP contribution in [0.3, 0.4) is 0 Å². The van der Waals surface area contributed by atoms with E-state index in [0.29, 0.717) is 19.3 Å². The molecule has 0 fully saturated rings. The molecule has 0 aromatic carbocycles. The number of rotatable bonds is 58. The normalized spacial score (nSPS) is 12.3. The Morgan fingerprint density at radius 2 is 0.500 bits per heavy atom. The lowest BCUT2D eigenvalue weighted by molar-refractivity contribution is -0.167. The Morgan fingerprint density at radius 3 is 0.806 bits per heavy atom. The molecule has 1 unspecified atom stereocenters. The Hall–Kier alpha value is -2.63. The summed E-state index contributed by atoms with van der Waals surface area (Å²) in [6, 6.07) is 0. The van der Waals surface area contributed by atoms with Gasteiger partial charge in [-0.2, -0.15) is 0 Å². The molecule has 0 radical (unpaired) electrons. The SMILES string of the molecule is CCCCCC/C=C\CCCCCCCC(=O)OCC(COC(=O)CCCCCCCCCCCC/C=C\C/C=C\C/C=C\CCCCCCC)OC(=O)CCCCCCCCCCCCCCCCCC. The summed E-state index contributed by atoms with van der Waals surface area (Å²) in [5.74, 6) is -0.867. The third kappa shape index (κ3) is 58.3. The second-order valence-electron chi connectivity index (χ2n) is 21.3. The van der Waals surface area contributed by atoms with Crippen LogP contribution >= 0.6 is 0 Å². The van der Waals surface area contributed by atoms with Crippen LogP contribution in [0.25, 0.3) is 0 Å². The van der Waals surface area contributed by atoms with Gasteiger partial charge in [0, 0.05) is 19.3 Å². The molecule has 420 valence electrons. The van der Waals surface area contributed by atoms with Crippen LogP contribution in [0.2, 0.25) is 0 Å². The van der Waals surface area contributed by atoms with Crippen molar-refractivity contribution in [2.45, 2.75) is 341 Å². The third-order valence-electron chi connectivity index (χ3n) is 14.1. The lowest BCUT2D eigenvalue weighted by Crippen LogP contribution is -2.30. The zero-order chi connectivity index (χ0) is 52.2. The van der Waals surface area contributed by atoms with Gasteiger partial charge in [0.15, 0.2) is 6.10 Å². The van der Waals surface area contributed by atoms with Crippen LogP contribution in [-0.4, -0.2) is 37.2 Å². The molecule has 0 aliphatic rings. The molecule has 0 saturated heterocycles. The first kappa shape index (κ1) is 69.4. The van der Waals surface area contributed by atoms with Crippen molar-refractivity contribution in [3.05, 3.63) is 48.6 Å². The van der Waals surface area contributed by atoms with Gasteiger partial charge in [0.1, 0.15) is 13.2 Å². The first-order valence-electron chi connectivity index (χ1n) is 31.6. The minimum absolute atomic E-state index is 0.0743. The van der Waals surface area contributed by atoms with Gasteiger partial charge in [0.2, 0.25) is 0 Å². The molecule has 0 rings (SSSR count). The molecular weight excluding hydrogens is 889 g/mol. The van der Waals surface area contributed by atoms with Crippen molar-refractivity contribution in [3.63, 3.8) is 0 Å². The van der Waals surface area contributed by atoms with Crippen molar-refractivity contribution in [2.24, 2.45) is 0 Å². The summed E-state index contributed by atoms with van der Waals surface area (Å²) in [5, 5.41) is 0. The molecule has 0 aromatic heterocycles. The fourth-order valence-electron chi connectivity index (χ4n) is 9.27. The summed E-state index contributed by atoms with van der Waals surface area (Å²) in [6.07, 6.45) is 75.4. The number of carbonyl (C=O) groups excluding carboxylic acids is 3. The first-order chi connectivity index (χ1) is 35.5. The second kappa shape index (κ2) is 60.9. The predicted octanol–water partition coefficient (Wildman–Crippen LogP) is 21.4. The van der Waals surface area contributed by atoms with Crippen LogP contribution < -0.4 is 0 Å². The maximum Gasteiger partial charge on any atom is 0.306 e. The summed E-state index contributed by atoms with van der Waals surface area (Å²) >= 11 is 0. The summed E-state index contributed by atoms with van der Waals surface area (Å²) in [4.78, 5) is 38.2. The summed E-state index contributed by atoms with van der Waals surface area (Å²) in [6.45, 7) is 6.65. The predicted molar refractivity (Wildman–Crippen MR) is 312 cm³/mol. The minimum Gasteiger partial charge on any atom is -0.462 e. The van der Waals surface area contributed by atoms with Crippen LogP contribution in [0.4, 0.5) is 0 Å². The summed E-state index contributed by atoms with van der Waals surface area (Å²) < 4.78 is 16.9. The van der Waals surface area contributed by atoms with Gasteiger partial charge in [-0.05, 0) is 83.5 Å². The zero-order valence-electron chi connectivity index (χ0n) is 48.2. The lowest BCUT2D eigenvalue weighted by atomic mass is 10.0. The number of unbranched alkanes of at least 4 members (excludes halogenated alkanes) is 39. The molecule has 0 aliphatic carbocycles. The van der Waals surface area contributed by atoms with Gasteiger partial charge >= 0.3 is 17.9 Å². The fourth-order valence-corrected chi connectivity index (χ4v) is 9.27. The monoisotopic (exact) mass is 1010 g/mol. The fraction of sp³-hybridized carbons (Fsp3) is 0.833. The smallest absolute Gasteiger partial charge is 0.306 e. The van der Waals surface area contributed by atoms with Crippen molar-refractivity contribution in [1.82, 2.24) is 0 Å². The van der Waals surface area contributed by atoms with E-state index in [4.69, 9.17) is 14.2 Å². The van der Waals surface area contributed by atoms with Gasteiger partial charge in [-0.1, -0.05) is 281 Å². The number of carbonyl (C=O) groups is 3. The van der Waals surface area contributed by atoms with E-state index >= 15 is 0 Å². The molecule has 0 N–H and O–H groups in total. The van der Waals surface area contributed by atoms with Crippen LogP contribution in [0.5, 0.6) is 0 Å². The van der Waals surface area contributed by atoms with Gasteiger partial charge in [0.25, 0.3) is 0 Å². The Labute approximate surface area is 448 Å². The Kier molecular flexibility index (Phi) is 58.7. The van der Waals surface area contributed by atoms with Gasteiger partial charge in [-0.25, -0.2) is 0 Å². The Bertz CT molecular complexity index is 1250. The van der Waals surface area contributed by atoms with Crippen molar-refractivity contribution in [2.75, 3.05) is 13.2 Å². The number of ether oxygens (including phenoxy) is 3. The molecule has 1 atom stereocenters. The maximum atomic E-state index is 12.9. The highest BCUT2D eigenvalue weighted by molar-refractivity contribution is 5.71. The number of allylic oxidation sites excluding steroid dienone is 8. The topological polar surface area (TPSA) is 78.9 Å². The highest BCUT2D eigenvalue weighted by atomic mass is 16.6. The molecule has 0 heterocycles. The van der Waals surface area contributed by atoms with Crippen LogP contribution in [0.1, 0.15) is 335 Å². The lowest BCUT2D eigenvalue weighted by Gasteiger charge is -2.18. The van der Waals surface area contributed by atoms with Gasteiger partial charge in [0.05, 0.1) is 0 Å². The molecule has 72 heavy (non-hydrogen) atoms. The van der Waals surface area contributed by atoms with Crippen molar-refractivity contribution < 1.29 is 28.6 Å². The molecule has 0 aromatic rings. The Balaban J connectivity index is 4.28. The molecule has 6 nitrogen and oxygen atoms in total. The minimum atomic E-state index is -0.776. The van der Waals surface area contributed by atoms with Crippen molar-refractivity contribution in [1.29, 1.82) is 0 Å². The summed E-state index contributed by atoms with van der Waals surface area (Å²) in [5.41, 5.74) is 0. The molecule has 6 heteroatoms. The molecular formula is C66H120O6. The molecule has 0 bridgehead atoms. The van der Waals surface area contributed by atoms with Crippen LogP contribution in [-0.2, 0) is 28.6 Å². The van der Waals surface area contributed by atoms with Gasteiger partial charge in [-0.3, -0.25) is 14.4 Å². The van der Waals surface area contributed by atoms with Gasteiger partial charge < -0.3 is 14.2 Å². The molecule has 0 amide bonds. The number of esters is 3. The quantitative estimate of drug-likeness (QED) is 0.0261. The maximum absolute atomic E-state index is 12.9. The van der Waals surface area contributed by atoms with E-state index in [1.165, 1.54) is 218 Å². The average molecular weight is 1010 g/mol.